The zero-order valence-corrected chi connectivity index (χ0v) is 18.3. The second-order valence-electron chi connectivity index (χ2n) is 7.16. The number of nitrogens with zero attached hydrogens (tertiary/aromatic N) is 3. The Balaban J connectivity index is 1.46. The molecule has 10 nitrogen and oxygen atoms in total. The van der Waals surface area contributed by atoms with Gasteiger partial charge >= 0.3 is 7.82 Å². The van der Waals surface area contributed by atoms with Crippen LogP contribution in [0.3, 0.4) is 0 Å². The van der Waals surface area contributed by atoms with Crippen LogP contribution < -0.4 is 15.6 Å². The number of benzene rings is 1. The molecule has 0 atom stereocenters. The van der Waals surface area contributed by atoms with Gasteiger partial charge in [0.05, 0.1) is 11.9 Å². The van der Waals surface area contributed by atoms with E-state index < -0.39 is 26.2 Å². The first-order valence-corrected chi connectivity index (χ1v) is 11.3. The van der Waals surface area contributed by atoms with Crippen LogP contribution in [0.2, 0.25) is 0 Å². The van der Waals surface area contributed by atoms with Crippen molar-refractivity contribution < 1.29 is 36.7 Å². The summed E-state index contributed by atoms with van der Waals surface area (Å²) in [6.45, 7) is -0.451. The summed E-state index contributed by atoms with van der Waals surface area (Å²) < 4.78 is 49.7. The fraction of sp³-hybridized carbons (Fsp3) is 0.0952. The Morgan fingerprint density at radius 2 is 1.91 bits per heavy atom. The number of nitrogens with one attached hydrogen (secondary N) is 1. The Hall–Kier alpha value is -3.70. The smallest absolute Gasteiger partial charge is 0.356 e. The molecule has 0 saturated carbocycles. The van der Waals surface area contributed by atoms with Crippen LogP contribution in [0.4, 0.5) is 26.1 Å². The Morgan fingerprint density at radius 3 is 2.59 bits per heavy atom. The lowest BCUT2D eigenvalue weighted by atomic mass is 10.1. The quantitative estimate of drug-likeness (QED) is 0.216. The Bertz CT molecular complexity index is 1340. The summed E-state index contributed by atoms with van der Waals surface area (Å²) in [5, 5.41) is 6.64. The highest BCUT2D eigenvalue weighted by atomic mass is 31.2. The fourth-order valence-electron chi connectivity index (χ4n) is 3.10. The van der Waals surface area contributed by atoms with Gasteiger partial charge in [-0.3, -0.25) is 5.73 Å². The molecule has 0 saturated heterocycles. The maximum absolute atomic E-state index is 13.8. The van der Waals surface area contributed by atoms with Gasteiger partial charge in [0.15, 0.2) is 5.76 Å². The van der Waals surface area contributed by atoms with Crippen LogP contribution in [0.25, 0.3) is 11.3 Å². The molecule has 0 spiro atoms. The van der Waals surface area contributed by atoms with Gasteiger partial charge < -0.3 is 19.6 Å². The van der Waals surface area contributed by atoms with Crippen molar-refractivity contribution in [2.24, 2.45) is 0 Å². The van der Waals surface area contributed by atoms with E-state index in [1.807, 2.05) is 0 Å². The molecule has 3 heterocycles. The van der Waals surface area contributed by atoms with Gasteiger partial charge in [0.1, 0.15) is 28.7 Å². The fourth-order valence-corrected chi connectivity index (χ4v) is 3.38. The highest BCUT2D eigenvalue weighted by molar-refractivity contribution is 7.46. The van der Waals surface area contributed by atoms with Crippen LogP contribution >= 0.6 is 7.82 Å². The molecule has 4 aromatic rings. The molecule has 5 N–H and O–H groups in total. The second-order valence-corrected chi connectivity index (χ2v) is 8.40. The minimum Gasteiger partial charge on any atom is -0.356 e. The summed E-state index contributed by atoms with van der Waals surface area (Å²) in [7, 11) is -4.66. The minimum absolute atomic E-state index is 0.163. The van der Waals surface area contributed by atoms with Crippen molar-refractivity contribution in [1.29, 1.82) is 0 Å². The first kappa shape index (κ1) is 23.5. The van der Waals surface area contributed by atoms with E-state index in [-0.39, 0.29) is 17.3 Å². The third-order valence-corrected chi connectivity index (χ3v) is 5.18. The van der Waals surface area contributed by atoms with Gasteiger partial charge in [-0.2, -0.15) is 0 Å². The Morgan fingerprint density at radius 1 is 1.15 bits per heavy atom. The van der Waals surface area contributed by atoms with Gasteiger partial charge in [0.25, 0.3) is 5.82 Å². The maximum Gasteiger partial charge on any atom is 0.472 e. The Labute approximate surface area is 191 Å². The van der Waals surface area contributed by atoms with Gasteiger partial charge in [-0.15, -0.1) is 0 Å². The maximum atomic E-state index is 13.8. The molecule has 0 unspecified atom stereocenters. The SMILES string of the molecule is Nc1c(-c2cc(Cc3ccc(Nc4c(F)cccc4F)nc3)no2)ccc[n+]1COP(=O)(O)O. The largest absolute Gasteiger partial charge is 0.472 e. The zero-order valence-electron chi connectivity index (χ0n) is 17.4. The highest BCUT2D eigenvalue weighted by Crippen LogP contribution is 2.35. The first-order chi connectivity index (χ1) is 16.2. The molecule has 0 amide bonds. The van der Waals surface area contributed by atoms with E-state index in [1.54, 1.807) is 36.5 Å². The summed E-state index contributed by atoms with van der Waals surface area (Å²) in [6.07, 6.45) is 3.40. The summed E-state index contributed by atoms with van der Waals surface area (Å²) in [4.78, 5) is 21.9. The van der Waals surface area contributed by atoms with Crippen LogP contribution in [-0.4, -0.2) is 19.9 Å². The van der Waals surface area contributed by atoms with Crippen molar-refractivity contribution in [3.05, 3.63) is 83.8 Å². The molecule has 0 aliphatic heterocycles. The van der Waals surface area contributed by atoms with Crippen LogP contribution in [0.15, 0.2) is 65.4 Å². The van der Waals surface area contributed by atoms with Crippen molar-refractivity contribution in [1.82, 2.24) is 10.1 Å². The van der Waals surface area contributed by atoms with Crippen LogP contribution in [0, 0.1) is 11.6 Å². The van der Waals surface area contributed by atoms with Gasteiger partial charge in [-0.25, -0.2) is 27.4 Å². The lowest BCUT2D eigenvalue weighted by Crippen LogP contribution is -2.38. The van der Waals surface area contributed by atoms with Crippen molar-refractivity contribution in [2.45, 2.75) is 13.2 Å². The molecule has 34 heavy (non-hydrogen) atoms. The summed E-state index contributed by atoms with van der Waals surface area (Å²) in [5.41, 5.74) is 7.59. The van der Waals surface area contributed by atoms with E-state index in [0.29, 0.717) is 23.4 Å². The number of phosphoric acid groups is 1. The van der Waals surface area contributed by atoms with Gasteiger partial charge in [-0.1, -0.05) is 17.3 Å². The summed E-state index contributed by atoms with van der Waals surface area (Å²) >= 11 is 0. The summed E-state index contributed by atoms with van der Waals surface area (Å²) in [6, 6.07) is 11.8. The molecule has 176 valence electrons. The van der Waals surface area contributed by atoms with Crippen molar-refractivity contribution in [2.75, 3.05) is 11.1 Å². The van der Waals surface area contributed by atoms with Crippen LogP contribution in [0.5, 0.6) is 0 Å². The molecule has 3 aromatic heterocycles. The molecule has 0 fully saturated rings. The predicted octanol–water partition coefficient (Wildman–Crippen LogP) is 3.29. The van der Waals surface area contributed by atoms with E-state index in [2.05, 4.69) is 20.0 Å². The molecule has 4 rings (SSSR count). The average molecular weight is 490 g/mol. The van der Waals surface area contributed by atoms with E-state index in [1.165, 1.54) is 16.8 Å². The molecular formula is C21H19F2N5O5P+. The number of nitrogens with two attached hydrogens (primary N) is 1. The van der Waals surface area contributed by atoms with Gasteiger partial charge in [0.2, 0.25) is 6.73 Å². The van der Waals surface area contributed by atoms with Crippen LogP contribution in [0.1, 0.15) is 11.3 Å². The molecule has 13 heteroatoms. The molecule has 0 aliphatic carbocycles. The predicted molar refractivity (Wildman–Crippen MR) is 116 cm³/mol. The average Bonchev–Trinajstić information content (AvgIpc) is 3.24. The van der Waals surface area contributed by atoms with E-state index in [4.69, 9.17) is 20.0 Å². The number of rotatable bonds is 8. The third kappa shape index (κ3) is 5.61. The minimum atomic E-state index is -4.66. The van der Waals surface area contributed by atoms with E-state index in [9.17, 15) is 13.3 Å². The number of halogens is 2. The number of pyridine rings is 2. The normalized spacial score (nSPS) is 11.5. The molecule has 1 aromatic carbocycles. The topological polar surface area (TPSA) is 148 Å². The standard InChI is InChI=1S/C21H18F2N5O5P/c22-16-4-1-5-17(23)20(16)26-19-7-6-13(11-25-19)9-14-10-18(33-27-14)15-3-2-8-28(21(15)24)12-32-34(29,30)31/h1-8,10-11,24H,9,12H2,(H3,25,26,29,30,31)/p+1. The number of nitrogen functional groups attached to an aromatic ring is 1. The Kier molecular flexibility index (Phi) is 6.66. The first-order valence-electron chi connectivity index (χ1n) is 9.79. The van der Waals surface area contributed by atoms with E-state index >= 15 is 0 Å². The van der Waals surface area contributed by atoms with Gasteiger partial charge in [0, 0.05) is 18.7 Å². The monoisotopic (exact) mass is 490 g/mol. The number of hydrogen-bond acceptors (Lipinski definition) is 7. The summed E-state index contributed by atoms with van der Waals surface area (Å²) in [5.74, 6) is -0.672. The number of para-hydroxylation sites is 1. The van der Waals surface area contributed by atoms with Crippen LogP contribution in [-0.2, 0) is 22.2 Å². The highest BCUT2D eigenvalue weighted by Gasteiger charge is 2.21. The number of phosphoric ester groups is 1. The molecule has 0 radical (unpaired) electrons. The van der Waals surface area contributed by atoms with Crippen molar-refractivity contribution in [3.8, 4) is 11.3 Å². The molecular weight excluding hydrogens is 471 g/mol. The van der Waals surface area contributed by atoms with Gasteiger partial charge in [-0.05, 0) is 35.9 Å². The molecule has 0 aliphatic rings. The molecule has 0 bridgehead atoms. The lowest BCUT2D eigenvalue weighted by molar-refractivity contribution is -0.711. The zero-order chi connectivity index (χ0) is 24.3. The number of anilines is 3. The number of hydrogen-bond donors (Lipinski definition) is 4. The van der Waals surface area contributed by atoms with E-state index in [0.717, 1.165) is 17.7 Å². The third-order valence-electron chi connectivity index (χ3n) is 4.73. The second kappa shape index (κ2) is 9.65. The lowest BCUT2D eigenvalue weighted by Gasteiger charge is -2.08. The van der Waals surface area contributed by atoms with Crippen molar-refractivity contribution in [3.63, 3.8) is 0 Å². The number of aromatic nitrogens is 3. The van der Waals surface area contributed by atoms with Crippen molar-refractivity contribution >= 4 is 25.1 Å².